The fourth-order valence-electron chi connectivity index (χ4n) is 5.82. The molecule has 1 atom stereocenters. The predicted octanol–water partition coefficient (Wildman–Crippen LogP) is 3.44. The Morgan fingerprint density at radius 3 is 2.74 bits per heavy atom. The Morgan fingerprint density at radius 1 is 1.08 bits per heavy atom. The van der Waals surface area contributed by atoms with Crippen molar-refractivity contribution in [1.82, 2.24) is 9.55 Å². The zero-order valence-electron chi connectivity index (χ0n) is 21.0. The summed E-state index contributed by atoms with van der Waals surface area (Å²) in [5.74, 6) is 0.845. The van der Waals surface area contributed by atoms with Crippen LogP contribution in [0, 0.1) is 0 Å². The van der Waals surface area contributed by atoms with Crippen LogP contribution in [0.4, 0.5) is 5.69 Å². The summed E-state index contributed by atoms with van der Waals surface area (Å²) in [7, 11) is 1.65. The highest BCUT2D eigenvalue weighted by Crippen LogP contribution is 2.41. The van der Waals surface area contributed by atoms with Gasteiger partial charge < -0.3 is 28.8 Å². The first kappa shape index (κ1) is 22.8. The maximum atomic E-state index is 13.5. The summed E-state index contributed by atoms with van der Waals surface area (Å²) >= 11 is 0. The molecule has 0 spiro atoms. The summed E-state index contributed by atoms with van der Waals surface area (Å²) in [6.07, 6.45) is 0.106. The summed E-state index contributed by atoms with van der Waals surface area (Å²) in [4.78, 5) is 33.0. The molecule has 1 N–H and O–H groups in total. The molecular weight excluding hydrogens is 486 g/mol. The lowest BCUT2D eigenvalue weighted by Crippen LogP contribution is -2.44. The molecule has 3 aliphatic rings. The Hall–Kier alpha value is -4.37. The van der Waals surface area contributed by atoms with Gasteiger partial charge in [-0.1, -0.05) is 19.1 Å². The van der Waals surface area contributed by atoms with Crippen molar-refractivity contribution < 1.29 is 24.1 Å². The maximum absolute atomic E-state index is 13.5. The van der Waals surface area contributed by atoms with Crippen molar-refractivity contribution in [2.24, 2.45) is 0 Å². The number of aromatic nitrogens is 2. The number of pyridine rings is 2. The summed E-state index contributed by atoms with van der Waals surface area (Å²) in [5, 5.41) is 12.0. The van der Waals surface area contributed by atoms with Crippen LogP contribution >= 0.6 is 0 Å². The lowest BCUT2D eigenvalue weighted by molar-refractivity contribution is -0.172. The summed E-state index contributed by atoms with van der Waals surface area (Å²) in [6, 6.07) is 15.5. The van der Waals surface area contributed by atoms with Gasteiger partial charge in [0.1, 0.15) is 18.1 Å². The quantitative estimate of drug-likeness (QED) is 0.368. The topological polar surface area (TPSA) is 103 Å². The maximum Gasteiger partial charge on any atom is 0.343 e. The van der Waals surface area contributed by atoms with Gasteiger partial charge in [-0.15, -0.1) is 0 Å². The molecule has 3 aliphatic heterocycles. The highest BCUT2D eigenvalue weighted by atomic mass is 16.6. The van der Waals surface area contributed by atoms with Gasteiger partial charge in [-0.2, -0.15) is 0 Å². The van der Waals surface area contributed by atoms with E-state index in [4.69, 9.17) is 19.2 Å². The Kier molecular flexibility index (Phi) is 4.84. The molecule has 0 bridgehead atoms. The van der Waals surface area contributed by atoms with Gasteiger partial charge >= 0.3 is 5.97 Å². The van der Waals surface area contributed by atoms with Gasteiger partial charge in [0, 0.05) is 22.1 Å². The van der Waals surface area contributed by atoms with E-state index in [2.05, 4.69) is 11.0 Å². The van der Waals surface area contributed by atoms with Crippen molar-refractivity contribution in [1.29, 1.82) is 0 Å². The van der Waals surface area contributed by atoms with Crippen molar-refractivity contribution in [3.63, 3.8) is 0 Å². The molecule has 192 valence electrons. The van der Waals surface area contributed by atoms with Gasteiger partial charge in [0.05, 0.1) is 48.4 Å². The highest BCUT2D eigenvalue weighted by Gasteiger charge is 2.45. The summed E-state index contributed by atoms with van der Waals surface area (Å²) in [6.45, 7) is 2.90. The van der Waals surface area contributed by atoms with E-state index >= 15 is 0 Å². The number of hydrogen-bond acceptors (Lipinski definition) is 8. The van der Waals surface area contributed by atoms with Crippen molar-refractivity contribution in [2.75, 3.05) is 18.7 Å². The fourth-order valence-corrected chi connectivity index (χ4v) is 5.82. The number of carbonyl (C=O) groups excluding carboxylic acids is 1. The number of benzene rings is 2. The summed E-state index contributed by atoms with van der Waals surface area (Å²) in [5.41, 5.74) is 3.40. The first-order chi connectivity index (χ1) is 18.4. The molecule has 9 heteroatoms. The second-order valence-corrected chi connectivity index (χ2v) is 9.85. The van der Waals surface area contributed by atoms with Crippen LogP contribution in [0.2, 0.25) is 0 Å². The third-order valence-corrected chi connectivity index (χ3v) is 7.91. The number of fused-ring (bicyclic) bond motifs is 7. The Bertz CT molecular complexity index is 1730. The van der Waals surface area contributed by atoms with Gasteiger partial charge in [0.15, 0.2) is 12.3 Å². The number of para-hydroxylation sites is 2. The van der Waals surface area contributed by atoms with Gasteiger partial charge in [-0.05, 0) is 42.8 Å². The van der Waals surface area contributed by atoms with E-state index in [1.165, 1.54) is 0 Å². The van der Waals surface area contributed by atoms with Crippen LogP contribution in [0.25, 0.3) is 22.3 Å². The lowest BCUT2D eigenvalue weighted by Gasteiger charge is -2.32. The average Bonchev–Trinajstić information content (AvgIpc) is 3.31. The van der Waals surface area contributed by atoms with Crippen LogP contribution < -0.4 is 19.9 Å². The third kappa shape index (κ3) is 3.05. The number of anilines is 1. The van der Waals surface area contributed by atoms with Crippen molar-refractivity contribution in [3.8, 4) is 22.9 Å². The number of carbonyl (C=O) groups is 1. The normalized spacial score (nSPS) is 19.2. The van der Waals surface area contributed by atoms with Crippen LogP contribution in [0.15, 0.2) is 53.3 Å². The molecule has 0 aliphatic carbocycles. The van der Waals surface area contributed by atoms with Gasteiger partial charge in [-0.25, -0.2) is 9.78 Å². The van der Waals surface area contributed by atoms with E-state index in [9.17, 15) is 14.7 Å². The Labute approximate surface area is 217 Å². The Balaban J connectivity index is 1.35. The van der Waals surface area contributed by atoms with E-state index in [-0.39, 0.29) is 18.6 Å². The predicted molar refractivity (Wildman–Crippen MR) is 139 cm³/mol. The molecule has 0 fully saturated rings. The van der Waals surface area contributed by atoms with Crippen molar-refractivity contribution >= 4 is 22.6 Å². The first-order valence-corrected chi connectivity index (χ1v) is 12.6. The molecule has 0 saturated heterocycles. The highest BCUT2D eigenvalue weighted by molar-refractivity contribution is 5.90. The molecule has 7 rings (SSSR count). The van der Waals surface area contributed by atoms with Gasteiger partial charge in [0.2, 0.25) is 0 Å². The lowest BCUT2D eigenvalue weighted by atomic mass is 9.86. The standard InChI is InChI=1S/C29H25N3O6/c1-3-29(35)20-11-23-26-16(12-32(23)27(33)19(20)14-37-28(29)34)10-17-18-13-31(22-6-4-5-7-25(22)36-2)15-38-24(18)9-8-21(17)30-26/h4-11,35H,3,12-15H2,1-2H3/t29-/m0/s1. The van der Waals surface area contributed by atoms with Crippen LogP contribution in [0.3, 0.4) is 0 Å². The first-order valence-electron chi connectivity index (χ1n) is 12.6. The Morgan fingerprint density at radius 2 is 1.92 bits per heavy atom. The molecule has 4 aromatic rings. The minimum Gasteiger partial charge on any atom is -0.495 e. The zero-order valence-corrected chi connectivity index (χ0v) is 21.0. The van der Waals surface area contributed by atoms with Crippen molar-refractivity contribution in [3.05, 3.63) is 81.1 Å². The number of esters is 1. The largest absolute Gasteiger partial charge is 0.495 e. The number of rotatable bonds is 3. The number of ether oxygens (including phenoxy) is 3. The fraction of sp³-hybridized carbons (Fsp3) is 0.276. The smallest absolute Gasteiger partial charge is 0.343 e. The molecule has 0 unspecified atom stereocenters. The average molecular weight is 512 g/mol. The van der Waals surface area contributed by atoms with Crippen LogP contribution in [0.1, 0.15) is 35.6 Å². The number of aliphatic hydroxyl groups is 1. The number of cyclic esters (lactones) is 1. The van der Waals surface area contributed by atoms with Gasteiger partial charge in [-0.3, -0.25) is 4.79 Å². The molecule has 0 amide bonds. The van der Waals surface area contributed by atoms with Crippen LogP contribution in [-0.2, 0) is 34.8 Å². The molecule has 0 radical (unpaired) electrons. The molecule has 2 aromatic heterocycles. The molecule has 0 saturated carbocycles. The molecule has 9 nitrogen and oxygen atoms in total. The minimum absolute atomic E-state index is 0.106. The second kappa shape index (κ2) is 8.06. The second-order valence-electron chi connectivity index (χ2n) is 9.85. The molecule has 2 aromatic carbocycles. The van der Waals surface area contributed by atoms with E-state index < -0.39 is 11.6 Å². The van der Waals surface area contributed by atoms with Gasteiger partial charge in [0.25, 0.3) is 5.56 Å². The molecule has 5 heterocycles. The monoisotopic (exact) mass is 511 g/mol. The van der Waals surface area contributed by atoms with E-state index in [0.29, 0.717) is 42.3 Å². The molecule has 38 heavy (non-hydrogen) atoms. The van der Waals surface area contributed by atoms with E-state index in [0.717, 1.165) is 39.2 Å². The summed E-state index contributed by atoms with van der Waals surface area (Å²) < 4.78 is 18.5. The SMILES string of the molecule is CC[C@@]1(O)C(=O)OCc2c1cc1n(c2=O)Cc2cc3c4c(ccc3nc2-1)OCN(c1ccccc1OC)C4. The minimum atomic E-state index is -1.85. The molecular formula is C29H25N3O6. The van der Waals surface area contributed by atoms with Crippen LogP contribution in [-0.4, -0.2) is 34.5 Å². The number of hydrogen-bond donors (Lipinski definition) is 1. The van der Waals surface area contributed by atoms with Crippen LogP contribution in [0.5, 0.6) is 11.5 Å². The van der Waals surface area contributed by atoms with E-state index in [1.807, 2.05) is 36.4 Å². The van der Waals surface area contributed by atoms with E-state index in [1.54, 1.807) is 24.7 Å². The third-order valence-electron chi connectivity index (χ3n) is 7.91. The number of nitrogens with zero attached hydrogens (tertiary/aromatic N) is 3. The van der Waals surface area contributed by atoms with Crippen molar-refractivity contribution in [2.45, 2.75) is 38.6 Å². The number of methoxy groups -OCH3 is 1. The zero-order chi connectivity index (χ0) is 26.2.